The summed E-state index contributed by atoms with van der Waals surface area (Å²) in [7, 11) is 0. The largest absolute Gasteiger partial charge is 0.380 e. The number of para-hydroxylation sites is 1. The van der Waals surface area contributed by atoms with Crippen molar-refractivity contribution >= 4 is 56.6 Å². The number of carbonyl (C=O) groups excluding carboxylic acids is 1. The highest BCUT2D eigenvalue weighted by Crippen LogP contribution is 2.41. The van der Waals surface area contributed by atoms with Crippen LogP contribution in [0.25, 0.3) is 10.9 Å². The van der Waals surface area contributed by atoms with E-state index in [0.29, 0.717) is 74.2 Å². The van der Waals surface area contributed by atoms with Crippen molar-refractivity contribution in [3.63, 3.8) is 0 Å². The zero-order valence-electron chi connectivity index (χ0n) is 24.5. The molecule has 0 saturated carbocycles. The van der Waals surface area contributed by atoms with E-state index >= 15 is 0 Å². The summed E-state index contributed by atoms with van der Waals surface area (Å²) in [5.41, 5.74) is 5.34. The number of thiophene rings is 1. The molecule has 10 nitrogen and oxygen atoms in total. The van der Waals surface area contributed by atoms with Crippen LogP contribution in [0.15, 0.2) is 75.8 Å². The van der Waals surface area contributed by atoms with Crippen LogP contribution in [-0.2, 0) is 22.4 Å². The number of amides is 1. The highest BCUT2D eigenvalue weighted by Gasteiger charge is 2.42. The molecule has 1 spiro atoms. The minimum absolute atomic E-state index is 0.218. The molecule has 8 rings (SSSR count). The van der Waals surface area contributed by atoms with E-state index in [1.54, 1.807) is 6.20 Å². The molecule has 0 radical (unpaired) electrons. The zero-order chi connectivity index (χ0) is 30.5. The van der Waals surface area contributed by atoms with Crippen LogP contribution in [0.1, 0.15) is 33.6 Å². The number of piperidine rings is 1. The third-order valence-corrected chi connectivity index (χ3v) is 10.0. The zero-order valence-corrected chi connectivity index (χ0v) is 25.3. The van der Waals surface area contributed by atoms with Crippen molar-refractivity contribution in [1.29, 1.82) is 0 Å². The fourth-order valence-electron chi connectivity index (χ4n) is 6.77. The quantitative estimate of drug-likeness (QED) is 0.248. The summed E-state index contributed by atoms with van der Waals surface area (Å²) >= 11 is 1.37. The van der Waals surface area contributed by atoms with Gasteiger partial charge in [-0.05, 0) is 53.3 Å². The molecule has 0 bridgehead atoms. The first kappa shape index (κ1) is 27.9. The topological polar surface area (TPSA) is 113 Å². The monoisotopic (exact) mass is 621 g/mol. The van der Waals surface area contributed by atoms with Crippen molar-refractivity contribution in [2.75, 3.05) is 53.3 Å². The Kier molecular flexibility index (Phi) is 6.89. The van der Waals surface area contributed by atoms with Crippen LogP contribution in [0, 0.1) is 0 Å². The number of pyridine rings is 1. The standard InChI is InChI=1S/C34H31N5O5S/c40-30-28(38-14-10-34(11-15-38)43-16-17-44-34)29(31(30)41)39-13-8-21-5-6-23(19-27(21)39)37-33(42)32-26(9-18-45-32)36-20-22-7-12-35-25-4-2-1-3-24(22)25/h1-7,9,12,18-19,36H,8,10-11,13-17,20H2,(H,37,42). The average Bonchev–Trinajstić information content (AvgIpc) is 3.83. The lowest BCUT2D eigenvalue weighted by Crippen LogP contribution is -2.51. The van der Waals surface area contributed by atoms with Crippen molar-refractivity contribution in [2.24, 2.45) is 0 Å². The molecule has 5 heterocycles. The Morgan fingerprint density at radius 3 is 2.60 bits per heavy atom. The van der Waals surface area contributed by atoms with Gasteiger partial charge in [0, 0.05) is 62.0 Å². The number of anilines is 5. The molecule has 1 amide bonds. The van der Waals surface area contributed by atoms with Gasteiger partial charge >= 0.3 is 0 Å². The molecule has 0 unspecified atom stereocenters. The molecule has 3 aromatic carbocycles. The van der Waals surface area contributed by atoms with Crippen molar-refractivity contribution in [2.45, 2.75) is 31.6 Å². The molecule has 3 aliphatic rings. The highest BCUT2D eigenvalue weighted by molar-refractivity contribution is 7.12. The van der Waals surface area contributed by atoms with Crippen LogP contribution in [0.3, 0.4) is 0 Å². The van der Waals surface area contributed by atoms with E-state index in [9.17, 15) is 14.4 Å². The number of nitrogens with zero attached hydrogens (tertiary/aromatic N) is 3. The second-order valence-electron chi connectivity index (χ2n) is 11.7. The van der Waals surface area contributed by atoms with E-state index in [1.807, 2.05) is 69.8 Å². The van der Waals surface area contributed by atoms with Crippen LogP contribution in [-0.4, -0.2) is 49.5 Å². The molecule has 2 N–H and O–H groups in total. The van der Waals surface area contributed by atoms with Crippen molar-refractivity contribution in [3.8, 4) is 0 Å². The van der Waals surface area contributed by atoms with Crippen molar-refractivity contribution in [1.82, 2.24) is 4.98 Å². The molecule has 2 saturated heterocycles. The third kappa shape index (κ3) is 4.87. The molecular weight excluding hydrogens is 590 g/mol. The molecule has 0 atom stereocenters. The summed E-state index contributed by atoms with van der Waals surface area (Å²) in [5, 5.41) is 9.44. The number of aromatic nitrogens is 1. The van der Waals surface area contributed by atoms with E-state index in [1.165, 1.54) is 11.3 Å². The lowest BCUT2D eigenvalue weighted by molar-refractivity contribution is -0.169. The fraction of sp³-hybridized carbons (Fsp3) is 0.294. The predicted octanol–water partition coefficient (Wildman–Crippen LogP) is 4.79. The fourth-order valence-corrected chi connectivity index (χ4v) is 7.53. The Labute approximate surface area is 262 Å². The van der Waals surface area contributed by atoms with Gasteiger partial charge in [-0.2, -0.15) is 0 Å². The van der Waals surface area contributed by atoms with Gasteiger partial charge in [-0.25, -0.2) is 0 Å². The van der Waals surface area contributed by atoms with Crippen LogP contribution in [0.4, 0.5) is 28.4 Å². The molecule has 5 aromatic rings. The Hall–Kier alpha value is -4.58. The molecule has 0 aliphatic carbocycles. The normalized spacial score (nSPS) is 17.3. The van der Waals surface area contributed by atoms with Gasteiger partial charge in [0.15, 0.2) is 5.79 Å². The number of ether oxygens (including phenoxy) is 2. The van der Waals surface area contributed by atoms with Gasteiger partial charge < -0.3 is 29.9 Å². The average molecular weight is 622 g/mol. The van der Waals surface area contributed by atoms with E-state index in [2.05, 4.69) is 15.6 Å². The van der Waals surface area contributed by atoms with E-state index < -0.39 is 16.6 Å². The summed E-state index contributed by atoms with van der Waals surface area (Å²) in [6, 6.07) is 17.7. The molecule has 11 heteroatoms. The minimum atomic E-state index is -0.563. The molecule has 228 valence electrons. The predicted molar refractivity (Wildman–Crippen MR) is 176 cm³/mol. The second kappa shape index (κ2) is 11.1. The van der Waals surface area contributed by atoms with Gasteiger partial charge in [0.25, 0.3) is 16.8 Å². The van der Waals surface area contributed by atoms with E-state index in [4.69, 9.17) is 9.47 Å². The number of carbonyl (C=O) groups is 1. The maximum Gasteiger partial charge on any atom is 0.267 e. The first-order valence-corrected chi connectivity index (χ1v) is 16.1. The summed E-state index contributed by atoms with van der Waals surface area (Å²) in [4.78, 5) is 48.2. The van der Waals surface area contributed by atoms with Crippen LogP contribution >= 0.6 is 11.3 Å². The lowest BCUT2D eigenvalue weighted by atomic mass is 10.0. The van der Waals surface area contributed by atoms with Gasteiger partial charge in [-0.1, -0.05) is 24.3 Å². The summed E-state index contributed by atoms with van der Waals surface area (Å²) in [6.07, 6.45) is 3.84. The molecule has 2 fully saturated rings. The Bertz CT molecular complexity index is 1990. The molecule has 2 aromatic heterocycles. The number of benzene rings is 2. The Morgan fingerprint density at radius 1 is 0.956 bits per heavy atom. The maximum absolute atomic E-state index is 13.5. The summed E-state index contributed by atoms with van der Waals surface area (Å²) in [6.45, 7) is 3.49. The molecule has 3 aliphatic heterocycles. The smallest absolute Gasteiger partial charge is 0.267 e. The highest BCUT2D eigenvalue weighted by atomic mass is 32.1. The second-order valence-corrected chi connectivity index (χ2v) is 12.6. The number of fused-ring (bicyclic) bond motifs is 2. The lowest BCUT2D eigenvalue weighted by Gasteiger charge is -2.40. The van der Waals surface area contributed by atoms with E-state index in [0.717, 1.165) is 39.8 Å². The van der Waals surface area contributed by atoms with Crippen molar-refractivity contribution < 1.29 is 14.3 Å². The third-order valence-electron chi connectivity index (χ3n) is 9.10. The van der Waals surface area contributed by atoms with Crippen LogP contribution < -0.4 is 31.3 Å². The van der Waals surface area contributed by atoms with Gasteiger partial charge in [-0.3, -0.25) is 19.4 Å². The van der Waals surface area contributed by atoms with Crippen LogP contribution in [0.2, 0.25) is 0 Å². The first-order valence-electron chi connectivity index (χ1n) is 15.2. The summed E-state index contributed by atoms with van der Waals surface area (Å²) in [5.74, 6) is -0.780. The van der Waals surface area contributed by atoms with Gasteiger partial charge in [-0.15, -0.1) is 11.3 Å². The maximum atomic E-state index is 13.5. The number of nitrogens with one attached hydrogen (secondary N) is 2. The van der Waals surface area contributed by atoms with E-state index in [-0.39, 0.29) is 5.91 Å². The Balaban J connectivity index is 0.988. The van der Waals surface area contributed by atoms with Gasteiger partial charge in [0.05, 0.1) is 24.4 Å². The van der Waals surface area contributed by atoms with Gasteiger partial charge in [0.1, 0.15) is 16.3 Å². The minimum Gasteiger partial charge on any atom is -0.380 e. The Morgan fingerprint density at radius 2 is 1.76 bits per heavy atom. The SMILES string of the molecule is O=C(Nc1ccc2c(c1)N(c1c(N3CCC4(CC3)OCCO4)c(=O)c1=O)CC2)c1sccc1NCc1ccnc2ccccc12. The molecule has 45 heavy (non-hydrogen) atoms. The van der Waals surface area contributed by atoms with Crippen molar-refractivity contribution in [3.05, 3.63) is 103 Å². The number of rotatable bonds is 7. The number of hydrogen-bond donors (Lipinski definition) is 2. The van der Waals surface area contributed by atoms with Gasteiger partial charge in [0.2, 0.25) is 0 Å². The molecular formula is C34H31N5O5S. The summed E-state index contributed by atoms with van der Waals surface area (Å²) < 4.78 is 11.7. The first-order chi connectivity index (χ1) is 22.0. The van der Waals surface area contributed by atoms with Crippen LogP contribution in [0.5, 0.6) is 0 Å². The number of hydrogen-bond acceptors (Lipinski definition) is 10.